The zero-order valence-corrected chi connectivity index (χ0v) is 14.2. The molecule has 4 nitrogen and oxygen atoms in total. The van der Waals surface area contributed by atoms with Gasteiger partial charge in [-0.2, -0.15) is 0 Å². The second-order valence-corrected chi connectivity index (χ2v) is 7.59. The average Bonchev–Trinajstić information content (AvgIpc) is 2.44. The van der Waals surface area contributed by atoms with Gasteiger partial charge in [0.15, 0.2) is 0 Å². The number of sulfone groups is 1. The maximum Gasteiger partial charge on any atom is 0.207 e. The first-order chi connectivity index (χ1) is 10.1. The molecule has 2 rings (SSSR count). The number of aromatic hydroxyl groups is 2. The van der Waals surface area contributed by atoms with Crippen LogP contribution < -0.4 is 0 Å². The number of hydrogen-bond donors (Lipinski definition) is 2. The second kappa shape index (κ2) is 5.32. The van der Waals surface area contributed by atoms with Crippen molar-refractivity contribution in [1.29, 1.82) is 0 Å². The summed E-state index contributed by atoms with van der Waals surface area (Å²) in [7, 11) is -3.83. The van der Waals surface area contributed by atoms with Gasteiger partial charge < -0.3 is 10.2 Å². The first kappa shape index (κ1) is 16.4. The smallest absolute Gasteiger partial charge is 0.207 e. The zero-order chi connectivity index (χ0) is 16.8. The van der Waals surface area contributed by atoms with Gasteiger partial charge in [-0.05, 0) is 69.5 Å². The van der Waals surface area contributed by atoms with Crippen LogP contribution in [0, 0.1) is 34.6 Å². The van der Waals surface area contributed by atoms with Crippen molar-refractivity contribution < 1.29 is 18.6 Å². The predicted octanol–water partition coefficient (Wildman–Crippen LogP) is 3.47. The van der Waals surface area contributed by atoms with Gasteiger partial charge >= 0.3 is 0 Å². The molecule has 5 heteroatoms. The Labute approximate surface area is 131 Å². The molecular weight excluding hydrogens is 300 g/mol. The summed E-state index contributed by atoms with van der Waals surface area (Å²) in [6.45, 7) is 8.38. The minimum absolute atomic E-state index is 0.00639. The van der Waals surface area contributed by atoms with Gasteiger partial charge in [-0.25, -0.2) is 8.42 Å². The molecule has 0 aliphatic heterocycles. The highest BCUT2D eigenvalue weighted by atomic mass is 32.2. The van der Waals surface area contributed by atoms with Crippen LogP contribution in [0.2, 0.25) is 0 Å². The van der Waals surface area contributed by atoms with E-state index in [0.717, 1.165) is 0 Å². The molecule has 0 amide bonds. The lowest BCUT2D eigenvalue weighted by molar-refractivity contribution is 0.463. The molecule has 0 fully saturated rings. The molecule has 0 aliphatic carbocycles. The first-order valence-corrected chi connectivity index (χ1v) is 8.40. The number of hydrogen-bond acceptors (Lipinski definition) is 4. The number of rotatable bonds is 2. The molecule has 0 bridgehead atoms. The monoisotopic (exact) mass is 320 g/mol. The standard InChI is InChI=1S/C17H20O4S/c1-9-6-14(18)12(4)15(7-9)22(20,21)16-8-10(2)11(3)17(19)13(16)5/h6-8,18-19H,1-5H3. The summed E-state index contributed by atoms with van der Waals surface area (Å²) in [5.74, 6) is -0.0580. The van der Waals surface area contributed by atoms with E-state index in [4.69, 9.17) is 0 Å². The fraction of sp³-hybridized carbons (Fsp3) is 0.294. The van der Waals surface area contributed by atoms with Crippen LogP contribution in [0.15, 0.2) is 28.0 Å². The van der Waals surface area contributed by atoms with Crippen LogP contribution in [0.5, 0.6) is 11.5 Å². The van der Waals surface area contributed by atoms with Crippen molar-refractivity contribution in [2.45, 2.75) is 44.4 Å². The highest BCUT2D eigenvalue weighted by molar-refractivity contribution is 7.91. The van der Waals surface area contributed by atoms with Crippen LogP contribution in [-0.4, -0.2) is 18.6 Å². The van der Waals surface area contributed by atoms with Gasteiger partial charge in [0, 0.05) is 11.1 Å². The van der Waals surface area contributed by atoms with Crippen LogP contribution >= 0.6 is 0 Å². The van der Waals surface area contributed by atoms with Crippen molar-refractivity contribution in [3.05, 3.63) is 46.0 Å². The topological polar surface area (TPSA) is 74.6 Å². The van der Waals surface area contributed by atoms with E-state index in [2.05, 4.69) is 0 Å². The molecule has 0 aromatic heterocycles. The number of benzene rings is 2. The fourth-order valence-corrected chi connectivity index (χ4v) is 4.40. The quantitative estimate of drug-likeness (QED) is 0.888. The van der Waals surface area contributed by atoms with E-state index in [1.807, 2.05) is 0 Å². The molecule has 118 valence electrons. The molecular formula is C17H20O4S. The highest BCUT2D eigenvalue weighted by Gasteiger charge is 2.26. The van der Waals surface area contributed by atoms with Crippen LogP contribution in [-0.2, 0) is 9.84 Å². The van der Waals surface area contributed by atoms with Gasteiger partial charge in [-0.15, -0.1) is 0 Å². The maximum absolute atomic E-state index is 13.0. The molecule has 0 atom stereocenters. The lowest BCUT2D eigenvalue weighted by atomic mass is 10.1. The van der Waals surface area contributed by atoms with Crippen LogP contribution in [0.1, 0.15) is 27.8 Å². The van der Waals surface area contributed by atoms with Gasteiger partial charge in [0.1, 0.15) is 11.5 Å². The zero-order valence-electron chi connectivity index (χ0n) is 13.4. The fourth-order valence-electron chi connectivity index (χ4n) is 2.48. The van der Waals surface area contributed by atoms with Crippen molar-refractivity contribution in [2.75, 3.05) is 0 Å². The van der Waals surface area contributed by atoms with E-state index in [9.17, 15) is 18.6 Å². The third-order valence-corrected chi connectivity index (χ3v) is 6.08. The summed E-state index contributed by atoms with van der Waals surface area (Å²) < 4.78 is 25.9. The molecule has 2 aromatic carbocycles. The van der Waals surface area contributed by atoms with Crippen molar-refractivity contribution >= 4 is 9.84 Å². The summed E-state index contributed by atoms with van der Waals surface area (Å²) in [4.78, 5) is 0.136. The summed E-state index contributed by atoms with van der Waals surface area (Å²) in [5.41, 5.74) is 2.66. The largest absolute Gasteiger partial charge is 0.508 e. The van der Waals surface area contributed by atoms with E-state index in [1.165, 1.54) is 12.1 Å². The Hall–Kier alpha value is -2.01. The van der Waals surface area contributed by atoms with E-state index >= 15 is 0 Å². The minimum atomic E-state index is -3.83. The van der Waals surface area contributed by atoms with Gasteiger partial charge in [-0.3, -0.25) is 0 Å². The van der Waals surface area contributed by atoms with Crippen LogP contribution in [0.25, 0.3) is 0 Å². The Morgan fingerprint density at radius 1 is 0.773 bits per heavy atom. The van der Waals surface area contributed by atoms with Gasteiger partial charge in [0.05, 0.1) is 9.79 Å². The summed E-state index contributed by atoms with van der Waals surface area (Å²) >= 11 is 0. The Morgan fingerprint density at radius 3 is 1.91 bits per heavy atom. The van der Waals surface area contributed by atoms with Crippen LogP contribution in [0.4, 0.5) is 0 Å². The van der Waals surface area contributed by atoms with Crippen molar-refractivity contribution in [3.8, 4) is 11.5 Å². The van der Waals surface area contributed by atoms with Crippen molar-refractivity contribution in [1.82, 2.24) is 0 Å². The molecule has 0 heterocycles. The minimum Gasteiger partial charge on any atom is -0.508 e. The average molecular weight is 320 g/mol. The first-order valence-electron chi connectivity index (χ1n) is 6.92. The number of aryl methyl sites for hydroxylation is 2. The third-order valence-electron chi connectivity index (χ3n) is 4.08. The Balaban J connectivity index is 2.83. The highest BCUT2D eigenvalue weighted by Crippen LogP contribution is 2.36. The number of phenols is 2. The Morgan fingerprint density at radius 2 is 1.32 bits per heavy atom. The Bertz CT molecular complexity index is 865. The SMILES string of the molecule is Cc1cc(O)c(C)c(S(=O)(=O)c2cc(C)c(C)c(O)c2C)c1. The normalized spacial score (nSPS) is 11.7. The summed E-state index contributed by atoms with van der Waals surface area (Å²) in [6, 6.07) is 4.63. The van der Waals surface area contributed by atoms with Gasteiger partial charge in [0.25, 0.3) is 0 Å². The molecule has 0 radical (unpaired) electrons. The molecule has 0 saturated carbocycles. The van der Waals surface area contributed by atoms with Gasteiger partial charge in [-0.1, -0.05) is 0 Å². The van der Waals surface area contributed by atoms with E-state index in [1.54, 1.807) is 40.7 Å². The summed E-state index contributed by atoms with van der Waals surface area (Å²) in [5, 5.41) is 20.0. The predicted molar refractivity (Wildman–Crippen MR) is 85.4 cm³/mol. The van der Waals surface area contributed by atoms with E-state index < -0.39 is 9.84 Å². The van der Waals surface area contributed by atoms with Crippen LogP contribution in [0.3, 0.4) is 0 Å². The molecule has 0 saturated heterocycles. The van der Waals surface area contributed by atoms with E-state index in [-0.39, 0.29) is 21.3 Å². The molecule has 2 aromatic rings. The molecule has 0 unspecified atom stereocenters. The molecule has 0 aliphatic rings. The number of phenolic OH excluding ortho intramolecular Hbond substituents is 2. The van der Waals surface area contributed by atoms with Crippen molar-refractivity contribution in [2.24, 2.45) is 0 Å². The third kappa shape index (κ3) is 2.46. The second-order valence-electron chi connectivity index (χ2n) is 5.70. The summed E-state index contributed by atoms with van der Waals surface area (Å²) in [6.07, 6.45) is 0. The molecule has 2 N–H and O–H groups in total. The lowest BCUT2D eigenvalue weighted by Crippen LogP contribution is -2.08. The van der Waals surface area contributed by atoms with E-state index in [0.29, 0.717) is 27.8 Å². The molecule has 22 heavy (non-hydrogen) atoms. The van der Waals surface area contributed by atoms with Crippen molar-refractivity contribution in [3.63, 3.8) is 0 Å². The lowest BCUT2D eigenvalue weighted by Gasteiger charge is -2.15. The Kier molecular flexibility index (Phi) is 3.96. The molecule has 0 spiro atoms. The maximum atomic E-state index is 13.0. The van der Waals surface area contributed by atoms with Gasteiger partial charge in [0.2, 0.25) is 9.84 Å².